The Balaban J connectivity index is 2.14. The zero-order valence-electron chi connectivity index (χ0n) is 6.27. The van der Waals surface area contributed by atoms with Gasteiger partial charge in [-0.3, -0.25) is 0 Å². The molecule has 0 aliphatic rings. The fraction of sp³-hybridized carbons (Fsp3) is 0. The number of rotatable bonds is 2. The molecule has 2 heterocycles. The Morgan fingerprint density at radius 2 is 2.42 bits per heavy atom. The Kier molecular flexibility index (Phi) is 2.00. The third kappa shape index (κ3) is 1.60. The lowest BCUT2D eigenvalue weighted by molar-refractivity contribution is 1.27. The van der Waals surface area contributed by atoms with Crippen molar-refractivity contribution in [1.29, 1.82) is 0 Å². The van der Waals surface area contributed by atoms with E-state index in [1.807, 2.05) is 23.6 Å². The van der Waals surface area contributed by atoms with Crippen LogP contribution in [-0.4, -0.2) is 14.3 Å². The minimum atomic E-state index is 0.850. The molecule has 0 aliphatic heterocycles. The van der Waals surface area contributed by atoms with Gasteiger partial charge in [-0.15, -0.1) is 0 Å². The molecule has 0 aliphatic carbocycles. The van der Waals surface area contributed by atoms with Gasteiger partial charge in [0.05, 0.1) is 5.69 Å². The number of nitrogens with zero attached hydrogens (tertiary/aromatic N) is 2. The quantitative estimate of drug-likeness (QED) is 0.762. The summed E-state index contributed by atoms with van der Waals surface area (Å²) in [6.07, 6.45) is 7.34. The van der Waals surface area contributed by atoms with Gasteiger partial charge in [-0.1, -0.05) is 0 Å². The molecule has 0 unspecified atom stereocenters. The maximum atomic E-state index is 4.13. The van der Waals surface area contributed by atoms with Crippen LogP contribution in [0.25, 0.3) is 12.2 Å². The Bertz CT molecular complexity index is 311. The second-order valence-corrected chi connectivity index (χ2v) is 2.90. The monoisotopic (exact) mass is 177 g/mol. The van der Waals surface area contributed by atoms with Crippen LogP contribution in [0.3, 0.4) is 0 Å². The number of hydrogen-bond donors (Lipinski definition) is 1. The summed E-state index contributed by atoms with van der Waals surface area (Å²) in [5, 5.41) is 1.95. The molecular formula is C8H7N3S. The summed E-state index contributed by atoms with van der Waals surface area (Å²) >= 11 is 1.44. The predicted molar refractivity (Wildman–Crippen MR) is 49.6 cm³/mol. The number of nitrogens with one attached hydrogen (secondary N) is 1. The van der Waals surface area contributed by atoms with Crippen molar-refractivity contribution in [3.8, 4) is 0 Å². The Morgan fingerprint density at radius 3 is 3.08 bits per heavy atom. The average Bonchev–Trinajstić information content (AvgIpc) is 2.74. The van der Waals surface area contributed by atoms with E-state index in [0.29, 0.717) is 0 Å². The van der Waals surface area contributed by atoms with Crippen molar-refractivity contribution in [2.24, 2.45) is 0 Å². The van der Waals surface area contributed by atoms with Crippen molar-refractivity contribution < 1.29 is 0 Å². The van der Waals surface area contributed by atoms with Crippen LogP contribution in [0.4, 0.5) is 0 Å². The first-order valence-electron chi connectivity index (χ1n) is 3.53. The van der Waals surface area contributed by atoms with Gasteiger partial charge in [0, 0.05) is 17.8 Å². The van der Waals surface area contributed by atoms with E-state index in [2.05, 4.69) is 14.3 Å². The molecule has 0 saturated carbocycles. The zero-order valence-corrected chi connectivity index (χ0v) is 7.08. The summed E-state index contributed by atoms with van der Waals surface area (Å²) in [4.78, 5) is 7.03. The number of imidazole rings is 1. The highest BCUT2D eigenvalue weighted by Crippen LogP contribution is 2.04. The van der Waals surface area contributed by atoms with Crippen LogP contribution >= 0.6 is 11.5 Å². The number of aromatic amines is 1. The van der Waals surface area contributed by atoms with Crippen LogP contribution < -0.4 is 0 Å². The normalized spacial score (nSPS) is 11.0. The standard InChI is InChI=1S/C8H7N3S/c1(7-3-6-12-11-7)2-8-9-4-5-10-8/h1-6H,(H,9,10). The molecule has 2 aromatic rings. The molecule has 2 rings (SSSR count). The topological polar surface area (TPSA) is 41.6 Å². The maximum Gasteiger partial charge on any atom is 0.130 e. The van der Waals surface area contributed by atoms with Crippen LogP contribution in [0.1, 0.15) is 11.5 Å². The van der Waals surface area contributed by atoms with Crippen molar-refractivity contribution in [3.63, 3.8) is 0 Å². The van der Waals surface area contributed by atoms with Gasteiger partial charge in [-0.2, -0.15) is 4.37 Å². The first-order chi connectivity index (χ1) is 5.95. The molecule has 3 nitrogen and oxygen atoms in total. The smallest absolute Gasteiger partial charge is 0.130 e. The summed E-state index contributed by atoms with van der Waals surface area (Å²) in [7, 11) is 0. The van der Waals surface area contributed by atoms with Crippen molar-refractivity contribution >= 4 is 23.7 Å². The maximum absolute atomic E-state index is 4.13. The highest BCUT2D eigenvalue weighted by Gasteiger charge is 1.88. The number of hydrogen-bond acceptors (Lipinski definition) is 3. The summed E-state index contributed by atoms with van der Waals surface area (Å²) in [5.74, 6) is 0.850. The van der Waals surface area contributed by atoms with E-state index in [1.54, 1.807) is 12.4 Å². The molecule has 0 fully saturated rings. The van der Waals surface area contributed by atoms with Crippen molar-refractivity contribution in [3.05, 3.63) is 35.4 Å². The highest BCUT2D eigenvalue weighted by molar-refractivity contribution is 7.03. The zero-order chi connectivity index (χ0) is 8.23. The molecule has 0 saturated heterocycles. The van der Waals surface area contributed by atoms with E-state index >= 15 is 0 Å². The summed E-state index contributed by atoms with van der Waals surface area (Å²) in [6, 6.07) is 1.96. The van der Waals surface area contributed by atoms with E-state index in [9.17, 15) is 0 Å². The lowest BCUT2D eigenvalue weighted by atomic mass is 10.4. The van der Waals surface area contributed by atoms with Gasteiger partial charge in [0.15, 0.2) is 0 Å². The predicted octanol–water partition coefficient (Wildman–Crippen LogP) is 2.04. The van der Waals surface area contributed by atoms with Crippen LogP contribution in [0, 0.1) is 0 Å². The number of H-pyrrole nitrogens is 1. The first-order valence-corrected chi connectivity index (χ1v) is 4.36. The van der Waals surface area contributed by atoms with Gasteiger partial charge in [-0.05, 0) is 29.8 Å². The van der Waals surface area contributed by atoms with Gasteiger partial charge < -0.3 is 4.98 Å². The molecule has 60 valence electrons. The third-order valence-corrected chi connectivity index (χ3v) is 1.96. The average molecular weight is 177 g/mol. The summed E-state index contributed by atoms with van der Waals surface area (Å²) < 4.78 is 4.13. The molecule has 0 bridgehead atoms. The molecule has 12 heavy (non-hydrogen) atoms. The van der Waals surface area contributed by atoms with Gasteiger partial charge >= 0.3 is 0 Å². The number of aromatic nitrogens is 3. The van der Waals surface area contributed by atoms with E-state index in [4.69, 9.17) is 0 Å². The molecule has 0 amide bonds. The largest absolute Gasteiger partial charge is 0.345 e. The molecular weight excluding hydrogens is 170 g/mol. The molecule has 1 N–H and O–H groups in total. The minimum absolute atomic E-state index is 0.850. The lowest BCUT2D eigenvalue weighted by Gasteiger charge is -1.81. The Hall–Kier alpha value is -1.42. The second kappa shape index (κ2) is 3.32. The third-order valence-electron chi connectivity index (χ3n) is 1.39. The van der Waals surface area contributed by atoms with Crippen LogP contribution in [0.5, 0.6) is 0 Å². The van der Waals surface area contributed by atoms with E-state index in [0.717, 1.165) is 11.5 Å². The molecule has 4 heteroatoms. The molecule has 0 atom stereocenters. The lowest BCUT2D eigenvalue weighted by Crippen LogP contribution is -1.72. The minimum Gasteiger partial charge on any atom is -0.345 e. The van der Waals surface area contributed by atoms with Crippen LogP contribution in [0.2, 0.25) is 0 Å². The van der Waals surface area contributed by atoms with Gasteiger partial charge in [-0.25, -0.2) is 4.98 Å². The fourth-order valence-corrected chi connectivity index (χ4v) is 1.35. The molecule has 0 aromatic carbocycles. The van der Waals surface area contributed by atoms with Crippen molar-refractivity contribution in [2.75, 3.05) is 0 Å². The first kappa shape index (κ1) is 7.24. The van der Waals surface area contributed by atoms with Crippen LogP contribution in [-0.2, 0) is 0 Å². The van der Waals surface area contributed by atoms with E-state index in [1.165, 1.54) is 11.5 Å². The summed E-state index contributed by atoms with van der Waals surface area (Å²) in [6.45, 7) is 0. The van der Waals surface area contributed by atoms with Crippen molar-refractivity contribution in [2.45, 2.75) is 0 Å². The van der Waals surface area contributed by atoms with Gasteiger partial charge in [0.2, 0.25) is 0 Å². The SMILES string of the molecule is C(=Cc1ncc[nH]1)c1ccsn1. The highest BCUT2D eigenvalue weighted by atomic mass is 32.1. The molecule has 2 aromatic heterocycles. The van der Waals surface area contributed by atoms with Crippen molar-refractivity contribution in [1.82, 2.24) is 14.3 Å². The van der Waals surface area contributed by atoms with E-state index in [-0.39, 0.29) is 0 Å². The van der Waals surface area contributed by atoms with Gasteiger partial charge in [0.1, 0.15) is 5.82 Å². The van der Waals surface area contributed by atoms with E-state index < -0.39 is 0 Å². The fourth-order valence-electron chi connectivity index (χ4n) is 0.841. The Morgan fingerprint density at radius 1 is 1.42 bits per heavy atom. The van der Waals surface area contributed by atoms with Crippen LogP contribution in [0.15, 0.2) is 23.8 Å². The Labute approximate surface area is 74.0 Å². The molecule has 0 spiro atoms. The molecule has 0 radical (unpaired) electrons. The second-order valence-electron chi connectivity index (χ2n) is 2.23. The van der Waals surface area contributed by atoms with Gasteiger partial charge in [0.25, 0.3) is 0 Å². The summed E-state index contributed by atoms with van der Waals surface area (Å²) in [5.41, 5.74) is 0.969.